The lowest BCUT2D eigenvalue weighted by atomic mass is 10.2. The van der Waals surface area contributed by atoms with Crippen molar-refractivity contribution < 1.29 is 23.0 Å². The zero-order valence-corrected chi connectivity index (χ0v) is 18.0. The van der Waals surface area contributed by atoms with Gasteiger partial charge in [-0.2, -0.15) is 0 Å². The fraction of sp³-hybridized carbons (Fsp3) is 0.136. The van der Waals surface area contributed by atoms with Gasteiger partial charge in [-0.1, -0.05) is 48.2 Å². The number of carbonyl (C=O) groups excluding carboxylic acids is 1. The van der Waals surface area contributed by atoms with Gasteiger partial charge in [0, 0.05) is 27.6 Å². The second kappa shape index (κ2) is 9.97. The Morgan fingerprint density at radius 1 is 1.03 bits per heavy atom. The minimum absolute atomic E-state index is 0.0422. The molecule has 0 aliphatic carbocycles. The lowest BCUT2D eigenvalue weighted by molar-refractivity contribution is -0.116. The average molecular weight is 456 g/mol. The van der Waals surface area contributed by atoms with Crippen LogP contribution in [0.25, 0.3) is 0 Å². The quantitative estimate of drug-likeness (QED) is 0.520. The van der Waals surface area contributed by atoms with E-state index >= 15 is 0 Å². The molecular weight excluding hydrogens is 436 g/mol. The number of para-hydroxylation sites is 1. The largest absolute Gasteiger partial charge is 0.760 e. The number of nitrogens with zero attached hydrogens (tertiary/aromatic N) is 1. The highest BCUT2D eigenvalue weighted by Gasteiger charge is 2.17. The fourth-order valence-electron chi connectivity index (χ4n) is 3.03. The number of nitrogens with one attached hydrogen (secondary N) is 1. The Morgan fingerprint density at radius 2 is 1.77 bits per heavy atom. The Bertz CT molecular complexity index is 1090. The third-order valence-corrected chi connectivity index (χ3v) is 6.22. The van der Waals surface area contributed by atoms with E-state index in [1.165, 1.54) is 11.8 Å². The van der Waals surface area contributed by atoms with Gasteiger partial charge < -0.3 is 19.3 Å². The van der Waals surface area contributed by atoms with Crippen LogP contribution in [0.5, 0.6) is 11.5 Å². The Hall–Kier alpha value is -2.85. The molecule has 9 heteroatoms. The second-order valence-electron chi connectivity index (χ2n) is 6.66. The van der Waals surface area contributed by atoms with Gasteiger partial charge in [0.25, 0.3) is 0 Å². The third-order valence-electron chi connectivity index (χ3n) is 4.46. The number of benzene rings is 3. The third kappa shape index (κ3) is 5.65. The van der Waals surface area contributed by atoms with Crippen molar-refractivity contribution in [2.75, 3.05) is 18.7 Å². The highest BCUT2D eigenvalue weighted by molar-refractivity contribution is 7.99. The van der Waals surface area contributed by atoms with Gasteiger partial charge in [-0.25, -0.2) is 4.31 Å². The predicted octanol–water partition coefficient (Wildman–Crippen LogP) is 3.80. The van der Waals surface area contributed by atoms with E-state index in [9.17, 15) is 13.6 Å². The van der Waals surface area contributed by atoms with Crippen LogP contribution >= 0.6 is 11.8 Å². The molecule has 31 heavy (non-hydrogen) atoms. The average Bonchev–Trinajstić information content (AvgIpc) is 3.23. The molecule has 160 valence electrons. The van der Waals surface area contributed by atoms with Gasteiger partial charge in [0.1, 0.15) is 0 Å². The first-order valence-electron chi connectivity index (χ1n) is 9.43. The standard InChI is InChI=1S/C22H20N2O5S2/c25-22(23-18-8-4-5-9-21(18)30-17-6-2-1-3-7-17)14-24(31(26)27)13-16-10-11-19-20(12-16)29-15-28-19/h1-12H,13-15H2,(H,23,25)(H,26,27)/p-1. The summed E-state index contributed by atoms with van der Waals surface area (Å²) in [7, 11) is 0. The van der Waals surface area contributed by atoms with E-state index in [1.54, 1.807) is 24.3 Å². The van der Waals surface area contributed by atoms with Crippen molar-refractivity contribution in [2.24, 2.45) is 0 Å². The minimum Gasteiger partial charge on any atom is -0.760 e. The van der Waals surface area contributed by atoms with Crippen molar-refractivity contribution in [1.29, 1.82) is 0 Å². The van der Waals surface area contributed by atoms with Crippen molar-refractivity contribution in [3.05, 3.63) is 78.4 Å². The second-order valence-corrected chi connectivity index (χ2v) is 8.73. The van der Waals surface area contributed by atoms with Crippen LogP contribution in [0.4, 0.5) is 5.69 Å². The number of hydrogen-bond donors (Lipinski definition) is 1. The van der Waals surface area contributed by atoms with E-state index in [2.05, 4.69) is 5.32 Å². The van der Waals surface area contributed by atoms with Crippen molar-refractivity contribution in [3.8, 4) is 11.5 Å². The lowest BCUT2D eigenvalue weighted by Gasteiger charge is -2.24. The number of fused-ring (bicyclic) bond motifs is 1. The summed E-state index contributed by atoms with van der Waals surface area (Å²) in [6.45, 7) is -0.131. The molecule has 1 amide bonds. The summed E-state index contributed by atoms with van der Waals surface area (Å²) < 4.78 is 35.1. The maximum Gasteiger partial charge on any atom is 0.239 e. The minimum atomic E-state index is -2.57. The van der Waals surface area contributed by atoms with E-state index < -0.39 is 17.2 Å². The summed E-state index contributed by atoms with van der Waals surface area (Å²) in [5.74, 6) is 0.750. The normalized spacial score (nSPS) is 13.2. The van der Waals surface area contributed by atoms with E-state index in [1.807, 2.05) is 48.5 Å². The summed E-state index contributed by atoms with van der Waals surface area (Å²) in [5.41, 5.74) is 1.32. The van der Waals surface area contributed by atoms with E-state index in [0.717, 1.165) is 14.1 Å². The zero-order valence-electron chi connectivity index (χ0n) is 16.4. The fourth-order valence-corrected chi connectivity index (χ4v) is 4.43. The van der Waals surface area contributed by atoms with Crippen molar-refractivity contribution in [1.82, 2.24) is 4.31 Å². The number of ether oxygens (including phenoxy) is 2. The topological polar surface area (TPSA) is 90.9 Å². The van der Waals surface area contributed by atoms with Crippen LogP contribution in [0, 0.1) is 0 Å². The monoisotopic (exact) mass is 455 g/mol. The van der Waals surface area contributed by atoms with E-state index in [4.69, 9.17) is 9.47 Å². The first-order valence-corrected chi connectivity index (χ1v) is 11.3. The molecule has 1 atom stereocenters. The van der Waals surface area contributed by atoms with Crippen LogP contribution in [-0.2, 0) is 22.6 Å². The van der Waals surface area contributed by atoms with Crippen LogP contribution in [0.15, 0.2) is 82.6 Å². The summed E-state index contributed by atoms with van der Waals surface area (Å²) >= 11 is -1.05. The molecule has 3 aromatic rings. The summed E-state index contributed by atoms with van der Waals surface area (Å²) in [6.07, 6.45) is 0. The molecule has 4 rings (SSSR count). The first kappa shape index (κ1) is 21.4. The molecule has 1 heterocycles. The first-order chi connectivity index (χ1) is 15.1. The summed E-state index contributed by atoms with van der Waals surface area (Å²) in [5, 5.41) is 2.82. The molecule has 0 radical (unpaired) electrons. The number of anilines is 1. The Morgan fingerprint density at radius 3 is 2.58 bits per heavy atom. The van der Waals surface area contributed by atoms with Gasteiger partial charge >= 0.3 is 0 Å². The summed E-state index contributed by atoms with van der Waals surface area (Å²) in [4.78, 5) is 14.5. The molecule has 3 aromatic carbocycles. The van der Waals surface area contributed by atoms with Gasteiger partial charge in [0.2, 0.25) is 12.7 Å². The Kier molecular flexibility index (Phi) is 6.88. The van der Waals surface area contributed by atoms with Gasteiger partial charge in [0.15, 0.2) is 11.5 Å². The molecule has 0 saturated carbocycles. The molecule has 7 nitrogen and oxygen atoms in total. The Balaban J connectivity index is 1.42. The molecule has 0 bridgehead atoms. The number of rotatable bonds is 8. The maximum absolute atomic E-state index is 12.6. The highest BCUT2D eigenvalue weighted by Crippen LogP contribution is 2.34. The van der Waals surface area contributed by atoms with Gasteiger partial charge in [0.05, 0.1) is 12.2 Å². The zero-order chi connectivity index (χ0) is 21.6. The molecule has 1 N–H and O–H groups in total. The molecule has 0 fully saturated rings. The molecule has 1 aliphatic heterocycles. The predicted molar refractivity (Wildman–Crippen MR) is 118 cm³/mol. The van der Waals surface area contributed by atoms with Gasteiger partial charge in [-0.05, 0) is 42.0 Å². The van der Waals surface area contributed by atoms with Crippen molar-refractivity contribution >= 4 is 34.6 Å². The lowest BCUT2D eigenvalue weighted by Crippen LogP contribution is -2.34. The Labute approximate surface area is 186 Å². The molecule has 1 unspecified atom stereocenters. The van der Waals surface area contributed by atoms with Gasteiger partial charge in [-0.3, -0.25) is 9.00 Å². The molecule has 0 spiro atoms. The maximum atomic E-state index is 12.6. The number of hydrogen-bond acceptors (Lipinski definition) is 6. The smallest absolute Gasteiger partial charge is 0.239 e. The van der Waals surface area contributed by atoms with Gasteiger partial charge in [-0.15, -0.1) is 0 Å². The van der Waals surface area contributed by atoms with Crippen molar-refractivity contribution in [2.45, 2.75) is 16.3 Å². The number of carbonyl (C=O) groups is 1. The van der Waals surface area contributed by atoms with Crippen LogP contribution in [0.2, 0.25) is 0 Å². The SMILES string of the molecule is O=C(CN(Cc1ccc2c(c1)OCO2)S(=O)[O-])Nc1ccccc1Sc1ccccc1. The van der Waals surface area contributed by atoms with E-state index in [-0.39, 0.29) is 19.9 Å². The molecule has 0 saturated heterocycles. The highest BCUT2D eigenvalue weighted by atomic mass is 32.2. The van der Waals surface area contributed by atoms with Crippen LogP contribution in [0.1, 0.15) is 5.56 Å². The molecule has 1 aliphatic rings. The van der Waals surface area contributed by atoms with Crippen LogP contribution in [0.3, 0.4) is 0 Å². The molecular formula is C22H19N2O5S2-. The summed E-state index contributed by atoms with van der Waals surface area (Å²) in [6, 6.07) is 22.4. The van der Waals surface area contributed by atoms with Crippen LogP contribution in [-0.4, -0.2) is 32.3 Å². The molecule has 0 aromatic heterocycles. The van der Waals surface area contributed by atoms with Crippen molar-refractivity contribution in [3.63, 3.8) is 0 Å². The van der Waals surface area contributed by atoms with E-state index in [0.29, 0.717) is 22.7 Å². The number of amides is 1. The van der Waals surface area contributed by atoms with Crippen LogP contribution < -0.4 is 14.8 Å².